The molecule has 0 saturated carbocycles. The third-order valence-corrected chi connectivity index (χ3v) is 3.55. The Morgan fingerprint density at radius 3 is 3.05 bits per heavy atom. The van der Waals surface area contributed by atoms with E-state index >= 15 is 0 Å². The molecule has 1 aliphatic heterocycles. The summed E-state index contributed by atoms with van der Waals surface area (Å²) in [6.45, 7) is 4.36. The number of likely N-dealkylation sites (N-methyl/N-ethyl adjacent to an activating group) is 1. The average molecular weight is 277 g/mol. The Morgan fingerprint density at radius 1 is 1.55 bits per heavy atom. The number of benzene rings is 1. The van der Waals surface area contributed by atoms with Crippen molar-refractivity contribution in [1.82, 2.24) is 10.2 Å². The molecule has 5 heteroatoms. The highest BCUT2D eigenvalue weighted by Gasteiger charge is 2.22. The fourth-order valence-corrected chi connectivity index (χ4v) is 2.61. The molecule has 1 fully saturated rings. The highest BCUT2D eigenvalue weighted by molar-refractivity contribution is 6.02. The molecule has 1 unspecified atom stereocenters. The number of piperidine rings is 1. The summed E-state index contributed by atoms with van der Waals surface area (Å²) in [5.41, 5.74) is 6.84. The maximum absolute atomic E-state index is 12.4. The van der Waals surface area contributed by atoms with E-state index in [0.29, 0.717) is 23.6 Å². The van der Waals surface area contributed by atoms with Gasteiger partial charge >= 0.3 is 0 Å². The van der Waals surface area contributed by atoms with E-state index in [1.807, 2.05) is 6.92 Å². The molecule has 0 radical (unpaired) electrons. The molecule has 1 heterocycles. The third-order valence-electron chi connectivity index (χ3n) is 3.55. The van der Waals surface area contributed by atoms with Gasteiger partial charge in [-0.1, -0.05) is 6.07 Å². The zero-order valence-electron chi connectivity index (χ0n) is 12.2. The van der Waals surface area contributed by atoms with E-state index in [-0.39, 0.29) is 11.9 Å². The normalized spacial score (nSPS) is 19.6. The molecule has 0 spiro atoms. The highest BCUT2D eigenvalue weighted by atomic mass is 16.5. The molecular weight excluding hydrogens is 254 g/mol. The van der Waals surface area contributed by atoms with Crippen molar-refractivity contribution in [3.63, 3.8) is 0 Å². The van der Waals surface area contributed by atoms with Crippen LogP contribution in [0.5, 0.6) is 5.75 Å². The molecule has 0 bridgehead atoms. The van der Waals surface area contributed by atoms with Crippen LogP contribution in [0, 0.1) is 0 Å². The third kappa shape index (κ3) is 3.42. The Hall–Kier alpha value is -1.75. The maximum atomic E-state index is 12.4. The average Bonchev–Trinajstić information content (AvgIpc) is 2.39. The molecule has 1 saturated heterocycles. The van der Waals surface area contributed by atoms with Crippen molar-refractivity contribution >= 4 is 11.6 Å². The van der Waals surface area contributed by atoms with Gasteiger partial charge in [0.1, 0.15) is 11.3 Å². The van der Waals surface area contributed by atoms with Crippen molar-refractivity contribution in [2.45, 2.75) is 25.8 Å². The molecule has 2 rings (SSSR count). The summed E-state index contributed by atoms with van der Waals surface area (Å²) < 4.78 is 5.50. The van der Waals surface area contributed by atoms with E-state index in [1.54, 1.807) is 18.2 Å². The van der Waals surface area contributed by atoms with Gasteiger partial charge in [-0.3, -0.25) is 4.79 Å². The molecule has 1 atom stereocenters. The van der Waals surface area contributed by atoms with Crippen LogP contribution in [0.2, 0.25) is 0 Å². The number of amides is 1. The smallest absolute Gasteiger partial charge is 0.257 e. The summed E-state index contributed by atoms with van der Waals surface area (Å²) in [7, 11) is 2.07. The molecule has 0 aliphatic carbocycles. The van der Waals surface area contributed by atoms with Gasteiger partial charge in [-0.25, -0.2) is 0 Å². The van der Waals surface area contributed by atoms with Gasteiger partial charge in [0.25, 0.3) is 5.91 Å². The van der Waals surface area contributed by atoms with Crippen LogP contribution in [0.25, 0.3) is 0 Å². The second-order valence-corrected chi connectivity index (χ2v) is 5.23. The van der Waals surface area contributed by atoms with Crippen LogP contribution >= 0.6 is 0 Å². The first-order valence-corrected chi connectivity index (χ1v) is 7.12. The van der Waals surface area contributed by atoms with Crippen molar-refractivity contribution in [2.24, 2.45) is 0 Å². The first-order valence-electron chi connectivity index (χ1n) is 7.12. The zero-order chi connectivity index (χ0) is 14.5. The molecule has 1 amide bonds. The van der Waals surface area contributed by atoms with Crippen molar-refractivity contribution in [2.75, 3.05) is 32.5 Å². The summed E-state index contributed by atoms with van der Waals surface area (Å²) in [6.07, 6.45) is 2.11. The summed E-state index contributed by atoms with van der Waals surface area (Å²) >= 11 is 0. The number of carbonyl (C=O) groups is 1. The Bertz CT molecular complexity index is 476. The molecule has 1 aliphatic rings. The van der Waals surface area contributed by atoms with E-state index in [2.05, 4.69) is 17.3 Å². The lowest BCUT2D eigenvalue weighted by atomic mass is 10.0. The second-order valence-electron chi connectivity index (χ2n) is 5.23. The minimum Gasteiger partial charge on any atom is -0.493 e. The quantitative estimate of drug-likeness (QED) is 0.818. The van der Waals surface area contributed by atoms with E-state index < -0.39 is 0 Å². The van der Waals surface area contributed by atoms with Gasteiger partial charge in [0.2, 0.25) is 0 Å². The number of nitrogens with zero attached hydrogens (tertiary/aromatic N) is 1. The van der Waals surface area contributed by atoms with E-state index in [9.17, 15) is 4.79 Å². The molecule has 110 valence electrons. The fourth-order valence-electron chi connectivity index (χ4n) is 2.61. The highest BCUT2D eigenvalue weighted by Crippen LogP contribution is 2.24. The summed E-state index contributed by atoms with van der Waals surface area (Å²) in [6, 6.07) is 5.48. The van der Waals surface area contributed by atoms with Crippen molar-refractivity contribution < 1.29 is 9.53 Å². The van der Waals surface area contributed by atoms with Crippen LogP contribution < -0.4 is 15.8 Å². The van der Waals surface area contributed by atoms with Gasteiger partial charge in [0.05, 0.1) is 6.61 Å². The molecule has 1 aromatic carbocycles. The number of nitrogens with two attached hydrogens (primary N) is 1. The van der Waals surface area contributed by atoms with Crippen LogP contribution in [-0.2, 0) is 0 Å². The van der Waals surface area contributed by atoms with Crippen LogP contribution in [0.4, 0.5) is 5.69 Å². The number of anilines is 1. The number of carbonyl (C=O) groups excluding carboxylic acids is 1. The lowest BCUT2D eigenvalue weighted by Crippen LogP contribution is -2.46. The van der Waals surface area contributed by atoms with Crippen molar-refractivity contribution in [3.05, 3.63) is 23.8 Å². The first kappa shape index (κ1) is 14.7. The molecule has 1 aromatic rings. The summed E-state index contributed by atoms with van der Waals surface area (Å²) in [5.74, 6) is 0.404. The van der Waals surface area contributed by atoms with Gasteiger partial charge in [-0.05, 0) is 45.5 Å². The number of hydrogen-bond acceptors (Lipinski definition) is 4. The molecular formula is C15H23N3O2. The van der Waals surface area contributed by atoms with Gasteiger partial charge in [0, 0.05) is 18.3 Å². The predicted molar refractivity (Wildman–Crippen MR) is 80.0 cm³/mol. The van der Waals surface area contributed by atoms with Crippen LogP contribution in [0.3, 0.4) is 0 Å². The maximum Gasteiger partial charge on any atom is 0.257 e. The Labute approximate surface area is 120 Å². The second kappa shape index (κ2) is 6.61. The van der Waals surface area contributed by atoms with E-state index in [4.69, 9.17) is 10.5 Å². The van der Waals surface area contributed by atoms with Crippen LogP contribution in [0.1, 0.15) is 30.1 Å². The lowest BCUT2D eigenvalue weighted by Gasteiger charge is -2.30. The predicted octanol–water partition coefficient (Wildman–Crippen LogP) is 1.49. The number of nitrogens with one attached hydrogen (secondary N) is 1. The van der Waals surface area contributed by atoms with Crippen molar-refractivity contribution in [1.29, 1.82) is 0 Å². The largest absolute Gasteiger partial charge is 0.493 e. The lowest BCUT2D eigenvalue weighted by molar-refractivity contribution is 0.0910. The minimum absolute atomic E-state index is 0.146. The van der Waals surface area contributed by atoms with Crippen molar-refractivity contribution in [3.8, 4) is 5.75 Å². The molecule has 5 nitrogen and oxygen atoms in total. The summed E-state index contributed by atoms with van der Waals surface area (Å²) in [4.78, 5) is 14.7. The minimum atomic E-state index is -0.146. The van der Waals surface area contributed by atoms with Gasteiger partial charge in [0.15, 0.2) is 0 Å². The molecule has 20 heavy (non-hydrogen) atoms. The number of nitrogen functional groups attached to an aromatic ring is 1. The summed E-state index contributed by atoms with van der Waals surface area (Å²) in [5, 5.41) is 3.06. The Morgan fingerprint density at radius 2 is 2.35 bits per heavy atom. The topological polar surface area (TPSA) is 67.6 Å². The fraction of sp³-hybridized carbons (Fsp3) is 0.533. The van der Waals surface area contributed by atoms with Gasteiger partial charge in [-0.2, -0.15) is 0 Å². The van der Waals surface area contributed by atoms with Crippen LogP contribution in [0.15, 0.2) is 18.2 Å². The Balaban J connectivity index is 2.12. The van der Waals surface area contributed by atoms with Crippen LogP contribution in [-0.4, -0.2) is 43.6 Å². The number of likely N-dealkylation sites (tertiary alicyclic amines) is 1. The van der Waals surface area contributed by atoms with Gasteiger partial charge < -0.3 is 20.7 Å². The first-order chi connectivity index (χ1) is 9.61. The van der Waals surface area contributed by atoms with E-state index in [0.717, 1.165) is 25.9 Å². The SMILES string of the molecule is CCOc1cccc(N)c1C(=O)NC1CCCN(C)C1. The molecule has 0 aromatic heterocycles. The number of rotatable bonds is 4. The number of hydrogen-bond donors (Lipinski definition) is 2. The van der Waals surface area contributed by atoms with E-state index in [1.165, 1.54) is 0 Å². The Kier molecular flexibility index (Phi) is 4.84. The number of ether oxygens (including phenoxy) is 1. The monoisotopic (exact) mass is 277 g/mol. The van der Waals surface area contributed by atoms with Gasteiger partial charge in [-0.15, -0.1) is 0 Å². The zero-order valence-corrected chi connectivity index (χ0v) is 12.2. The molecule has 3 N–H and O–H groups in total. The standard InChI is InChI=1S/C15H23N3O2/c1-3-20-13-8-4-7-12(16)14(13)15(19)17-11-6-5-9-18(2)10-11/h4,7-8,11H,3,5-6,9-10,16H2,1-2H3,(H,17,19).